The van der Waals surface area contributed by atoms with Gasteiger partial charge in [0.1, 0.15) is 5.82 Å². The Morgan fingerprint density at radius 3 is 2.78 bits per heavy atom. The first-order valence-corrected chi connectivity index (χ1v) is 10.3. The van der Waals surface area contributed by atoms with Gasteiger partial charge in [-0.25, -0.2) is 4.98 Å². The molecule has 3 atom stereocenters. The molecule has 5 heteroatoms. The zero-order valence-electron chi connectivity index (χ0n) is 16.2. The molecule has 0 saturated heterocycles. The smallest absolute Gasteiger partial charge is 0.224 e. The van der Waals surface area contributed by atoms with Gasteiger partial charge in [-0.15, -0.1) is 0 Å². The molecule has 0 spiro atoms. The van der Waals surface area contributed by atoms with Crippen molar-refractivity contribution in [2.24, 2.45) is 17.3 Å². The summed E-state index contributed by atoms with van der Waals surface area (Å²) in [5, 5.41) is 14.2. The van der Waals surface area contributed by atoms with Crippen molar-refractivity contribution in [3.05, 3.63) is 29.6 Å². The van der Waals surface area contributed by atoms with E-state index in [9.17, 15) is 9.90 Å². The SMILES string of the molecule is Cc1nc2ccc(CC(=O)N[C@H](C)C34C[C@H]5C[C@@H](CC(O)(C5)C3)C4)cc2[nH]1. The van der Waals surface area contributed by atoms with Gasteiger partial charge in [0, 0.05) is 6.04 Å². The Morgan fingerprint density at radius 1 is 1.33 bits per heavy atom. The maximum absolute atomic E-state index is 12.7. The fourth-order valence-corrected chi connectivity index (χ4v) is 6.72. The van der Waals surface area contributed by atoms with Crippen LogP contribution < -0.4 is 5.32 Å². The molecule has 1 amide bonds. The minimum absolute atomic E-state index is 0.0702. The lowest BCUT2D eigenvalue weighted by atomic mass is 9.46. The summed E-state index contributed by atoms with van der Waals surface area (Å²) in [4.78, 5) is 20.4. The first kappa shape index (κ1) is 17.2. The summed E-state index contributed by atoms with van der Waals surface area (Å²) in [6.45, 7) is 4.09. The van der Waals surface area contributed by atoms with E-state index in [1.807, 2.05) is 25.1 Å². The first-order valence-electron chi connectivity index (χ1n) is 10.3. The third-order valence-electron chi connectivity index (χ3n) is 7.40. The van der Waals surface area contributed by atoms with Gasteiger partial charge in [0.15, 0.2) is 0 Å². The van der Waals surface area contributed by atoms with E-state index in [-0.39, 0.29) is 17.4 Å². The van der Waals surface area contributed by atoms with Crippen molar-refractivity contribution in [2.75, 3.05) is 0 Å². The molecule has 0 unspecified atom stereocenters. The molecule has 1 heterocycles. The van der Waals surface area contributed by atoms with Crippen LogP contribution in [0.1, 0.15) is 56.8 Å². The highest BCUT2D eigenvalue weighted by molar-refractivity contribution is 5.82. The van der Waals surface area contributed by atoms with E-state index in [1.165, 1.54) is 6.42 Å². The summed E-state index contributed by atoms with van der Waals surface area (Å²) in [7, 11) is 0. The number of hydrogen-bond acceptors (Lipinski definition) is 3. The number of aryl methyl sites for hydroxylation is 1. The molecule has 4 saturated carbocycles. The van der Waals surface area contributed by atoms with Crippen molar-refractivity contribution >= 4 is 16.9 Å². The first-order chi connectivity index (χ1) is 12.8. The van der Waals surface area contributed by atoms with Crippen LogP contribution in [-0.4, -0.2) is 32.6 Å². The molecule has 2 aromatic rings. The molecular formula is C22H29N3O2. The normalized spacial score (nSPS) is 35.5. The predicted molar refractivity (Wildman–Crippen MR) is 104 cm³/mol. The number of aromatic nitrogens is 2. The molecular weight excluding hydrogens is 338 g/mol. The van der Waals surface area contributed by atoms with Gasteiger partial charge in [-0.05, 0) is 87.3 Å². The summed E-state index contributed by atoms with van der Waals surface area (Å²) in [5.74, 6) is 2.24. The fourth-order valence-electron chi connectivity index (χ4n) is 6.72. The van der Waals surface area contributed by atoms with Crippen LogP contribution in [0.3, 0.4) is 0 Å². The highest BCUT2D eigenvalue weighted by atomic mass is 16.3. The number of rotatable bonds is 4. The quantitative estimate of drug-likeness (QED) is 0.776. The monoisotopic (exact) mass is 367 g/mol. The second-order valence-electron chi connectivity index (χ2n) is 9.69. The highest BCUT2D eigenvalue weighted by Gasteiger charge is 2.58. The zero-order chi connectivity index (χ0) is 18.8. The van der Waals surface area contributed by atoms with E-state index in [2.05, 4.69) is 22.2 Å². The van der Waals surface area contributed by atoms with Crippen molar-refractivity contribution in [2.45, 2.75) is 70.4 Å². The number of hydrogen-bond donors (Lipinski definition) is 3. The molecule has 144 valence electrons. The van der Waals surface area contributed by atoms with E-state index in [0.717, 1.165) is 54.5 Å². The maximum Gasteiger partial charge on any atom is 0.224 e. The van der Waals surface area contributed by atoms with Crippen molar-refractivity contribution in [1.82, 2.24) is 15.3 Å². The van der Waals surface area contributed by atoms with Crippen LogP contribution in [0.5, 0.6) is 0 Å². The van der Waals surface area contributed by atoms with Crippen LogP contribution >= 0.6 is 0 Å². The fraction of sp³-hybridized carbons (Fsp3) is 0.636. The van der Waals surface area contributed by atoms with Gasteiger partial charge >= 0.3 is 0 Å². The van der Waals surface area contributed by atoms with Gasteiger partial charge in [0.25, 0.3) is 0 Å². The van der Waals surface area contributed by atoms with Crippen molar-refractivity contribution in [3.63, 3.8) is 0 Å². The summed E-state index contributed by atoms with van der Waals surface area (Å²) < 4.78 is 0. The average molecular weight is 367 g/mol. The van der Waals surface area contributed by atoms with Gasteiger partial charge in [0.2, 0.25) is 5.91 Å². The van der Waals surface area contributed by atoms with Gasteiger partial charge in [-0.2, -0.15) is 0 Å². The highest BCUT2D eigenvalue weighted by Crippen LogP contribution is 2.62. The number of amides is 1. The lowest BCUT2D eigenvalue weighted by Gasteiger charge is -2.62. The molecule has 4 bridgehead atoms. The average Bonchev–Trinajstić information content (AvgIpc) is 2.91. The van der Waals surface area contributed by atoms with Crippen LogP contribution in [0.15, 0.2) is 18.2 Å². The van der Waals surface area contributed by atoms with E-state index in [1.54, 1.807) is 0 Å². The van der Waals surface area contributed by atoms with E-state index < -0.39 is 5.60 Å². The molecule has 5 nitrogen and oxygen atoms in total. The van der Waals surface area contributed by atoms with Crippen molar-refractivity contribution in [3.8, 4) is 0 Å². The van der Waals surface area contributed by atoms with Crippen LogP contribution in [0.25, 0.3) is 11.0 Å². The van der Waals surface area contributed by atoms with Crippen LogP contribution in [0.2, 0.25) is 0 Å². The Bertz CT molecular complexity index is 888. The lowest BCUT2D eigenvalue weighted by Crippen LogP contribution is -2.61. The van der Waals surface area contributed by atoms with Crippen molar-refractivity contribution < 1.29 is 9.90 Å². The molecule has 4 aliphatic carbocycles. The summed E-state index contributed by atoms with van der Waals surface area (Å²) in [5.41, 5.74) is 2.52. The van der Waals surface area contributed by atoms with Gasteiger partial charge in [0.05, 0.1) is 23.1 Å². The number of aliphatic hydroxyl groups is 1. The Labute approximate surface area is 160 Å². The van der Waals surface area contributed by atoms with Gasteiger partial charge in [-0.1, -0.05) is 6.07 Å². The number of carbonyl (C=O) groups excluding carboxylic acids is 1. The standard InChI is InChI=1S/C22H29N3O2/c1-13(21-8-16-5-17(9-21)11-22(27,10-16)12-21)23-20(26)7-15-3-4-18-19(6-15)25-14(2)24-18/h3-4,6,13,16-17,27H,5,7-12H2,1-2H3,(H,23,26)(H,24,25)/t13-,16-,17-,21?,22?/m1/s1. The Kier molecular flexibility index (Phi) is 3.71. The summed E-state index contributed by atoms with van der Waals surface area (Å²) in [6, 6.07) is 6.09. The number of imidazole rings is 1. The molecule has 0 aliphatic heterocycles. The van der Waals surface area contributed by atoms with Crippen molar-refractivity contribution in [1.29, 1.82) is 0 Å². The minimum Gasteiger partial charge on any atom is -0.390 e. The molecule has 27 heavy (non-hydrogen) atoms. The third-order valence-corrected chi connectivity index (χ3v) is 7.40. The van der Waals surface area contributed by atoms with E-state index in [4.69, 9.17) is 0 Å². The number of carbonyl (C=O) groups is 1. The summed E-state index contributed by atoms with van der Waals surface area (Å²) in [6.07, 6.45) is 6.76. The minimum atomic E-state index is -0.480. The second-order valence-corrected chi connectivity index (χ2v) is 9.69. The van der Waals surface area contributed by atoms with E-state index >= 15 is 0 Å². The zero-order valence-corrected chi connectivity index (χ0v) is 16.2. The molecule has 4 aliphatic rings. The summed E-state index contributed by atoms with van der Waals surface area (Å²) >= 11 is 0. The Morgan fingerprint density at radius 2 is 2.07 bits per heavy atom. The number of nitrogens with one attached hydrogen (secondary N) is 2. The van der Waals surface area contributed by atoms with Gasteiger partial charge < -0.3 is 15.4 Å². The molecule has 3 N–H and O–H groups in total. The van der Waals surface area contributed by atoms with E-state index in [0.29, 0.717) is 18.3 Å². The maximum atomic E-state index is 12.7. The number of aromatic amines is 1. The Hall–Kier alpha value is -1.88. The third kappa shape index (κ3) is 2.96. The largest absolute Gasteiger partial charge is 0.390 e. The number of fused-ring (bicyclic) bond motifs is 1. The van der Waals surface area contributed by atoms with Crippen LogP contribution in [0.4, 0.5) is 0 Å². The lowest BCUT2D eigenvalue weighted by molar-refractivity contribution is -0.173. The topological polar surface area (TPSA) is 78.0 Å². The number of nitrogens with zero attached hydrogens (tertiary/aromatic N) is 1. The van der Waals surface area contributed by atoms with Crippen LogP contribution in [-0.2, 0) is 11.2 Å². The Balaban J connectivity index is 1.29. The van der Waals surface area contributed by atoms with Crippen LogP contribution in [0, 0.1) is 24.2 Å². The molecule has 0 radical (unpaired) electrons. The molecule has 1 aromatic heterocycles. The molecule has 4 fully saturated rings. The van der Waals surface area contributed by atoms with Gasteiger partial charge in [-0.3, -0.25) is 4.79 Å². The number of benzene rings is 1. The number of H-pyrrole nitrogens is 1. The second kappa shape index (κ2) is 5.81. The molecule has 6 rings (SSSR count). The molecule has 1 aromatic carbocycles. The predicted octanol–water partition coefficient (Wildman–Crippen LogP) is 3.25.